The molecule has 1 aromatic rings. The van der Waals surface area contributed by atoms with Gasteiger partial charge in [-0.05, 0) is 12.1 Å². The van der Waals surface area contributed by atoms with E-state index in [0.29, 0.717) is 49.8 Å². The fraction of sp³-hybridized carbons (Fsp3) is 0.533. The standard InChI is InChI=1S/C15H24N6O3/c1-10(23)17-5-6-20(2)15-12(16)3-4-13(19-15)21-8-11(24)7-14(21)18-9-22/h3-4,9,11,14,24H,5-8,16H2,1-2H3,(H,17,23)(H,18,22). The molecule has 5 N–H and O–H groups in total. The first kappa shape index (κ1) is 17.8. The summed E-state index contributed by atoms with van der Waals surface area (Å²) in [5.41, 5.74) is 6.53. The van der Waals surface area contributed by atoms with Crippen LogP contribution in [0.1, 0.15) is 13.3 Å². The Balaban J connectivity index is 2.15. The van der Waals surface area contributed by atoms with Gasteiger partial charge < -0.3 is 31.3 Å². The highest BCUT2D eigenvalue weighted by atomic mass is 16.3. The molecule has 0 saturated carbocycles. The van der Waals surface area contributed by atoms with E-state index < -0.39 is 6.10 Å². The van der Waals surface area contributed by atoms with Gasteiger partial charge >= 0.3 is 0 Å². The van der Waals surface area contributed by atoms with Crippen LogP contribution in [0.5, 0.6) is 0 Å². The van der Waals surface area contributed by atoms with Gasteiger partial charge in [-0.15, -0.1) is 0 Å². The topological polar surface area (TPSA) is 124 Å². The van der Waals surface area contributed by atoms with Gasteiger partial charge in [0.2, 0.25) is 12.3 Å². The fourth-order valence-corrected chi connectivity index (χ4v) is 2.72. The number of nitrogens with one attached hydrogen (secondary N) is 2. The average molecular weight is 336 g/mol. The Morgan fingerprint density at radius 3 is 3.00 bits per heavy atom. The van der Waals surface area contributed by atoms with E-state index in [2.05, 4.69) is 15.6 Å². The molecule has 1 aromatic heterocycles. The molecule has 132 valence electrons. The van der Waals surface area contributed by atoms with Crippen molar-refractivity contribution < 1.29 is 14.7 Å². The van der Waals surface area contributed by atoms with Crippen molar-refractivity contribution in [3.63, 3.8) is 0 Å². The predicted molar refractivity (Wildman–Crippen MR) is 91.6 cm³/mol. The minimum atomic E-state index is -0.525. The molecule has 9 nitrogen and oxygen atoms in total. The highest BCUT2D eigenvalue weighted by Crippen LogP contribution is 2.28. The third-order valence-corrected chi connectivity index (χ3v) is 3.91. The molecule has 2 rings (SSSR count). The lowest BCUT2D eigenvalue weighted by molar-refractivity contribution is -0.118. The number of hydrogen-bond acceptors (Lipinski definition) is 7. The molecule has 0 spiro atoms. The first-order valence-corrected chi connectivity index (χ1v) is 7.79. The molecule has 1 fully saturated rings. The molecule has 0 radical (unpaired) electrons. The first-order valence-electron chi connectivity index (χ1n) is 7.79. The van der Waals surface area contributed by atoms with E-state index in [9.17, 15) is 14.7 Å². The SMILES string of the molecule is CC(=O)NCCN(C)c1nc(N2CC(O)CC2NC=O)ccc1N. The lowest BCUT2D eigenvalue weighted by Crippen LogP contribution is -2.41. The summed E-state index contributed by atoms with van der Waals surface area (Å²) < 4.78 is 0. The molecule has 9 heteroatoms. The van der Waals surface area contributed by atoms with Gasteiger partial charge in [0.05, 0.1) is 11.8 Å². The summed E-state index contributed by atoms with van der Waals surface area (Å²) in [7, 11) is 1.84. The Labute approximate surface area is 140 Å². The largest absolute Gasteiger partial charge is 0.396 e. The van der Waals surface area contributed by atoms with Crippen molar-refractivity contribution in [1.82, 2.24) is 15.6 Å². The number of rotatable bonds is 7. The van der Waals surface area contributed by atoms with Crippen LogP contribution in [0.2, 0.25) is 0 Å². The summed E-state index contributed by atoms with van der Waals surface area (Å²) in [5, 5.41) is 15.3. The quantitative estimate of drug-likeness (QED) is 0.465. The van der Waals surface area contributed by atoms with Gasteiger partial charge in [0.1, 0.15) is 12.0 Å². The number of aromatic nitrogens is 1. The molecule has 2 atom stereocenters. The van der Waals surface area contributed by atoms with Gasteiger partial charge in [0, 0.05) is 40.0 Å². The third kappa shape index (κ3) is 4.25. The number of anilines is 3. The van der Waals surface area contributed by atoms with E-state index in [4.69, 9.17) is 5.73 Å². The van der Waals surface area contributed by atoms with Crippen LogP contribution in [0, 0.1) is 0 Å². The van der Waals surface area contributed by atoms with Crippen LogP contribution in [0.15, 0.2) is 12.1 Å². The number of nitrogen functional groups attached to an aromatic ring is 1. The van der Waals surface area contributed by atoms with E-state index in [1.54, 1.807) is 12.1 Å². The highest BCUT2D eigenvalue weighted by Gasteiger charge is 2.31. The van der Waals surface area contributed by atoms with Gasteiger partial charge in [-0.1, -0.05) is 0 Å². The highest BCUT2D eigenvalue weighted by molar-refractivity contribution is 5.73. The Morgan fingerprint density at radius 1 is 1.58 bits per heavy atom. The average Bonchev–Trinajstić information content (AvgIpc) is 2.88. The van der Waals surface area contributed by atoms with Crippen LogP contribution in [0.3, 0.4) is 0 Å². The van der Waals surface area contributed by atoms with Crippen molar-refractivity contribution in [2.75, 3.05) is 42.2 Å². The summed E-state index contributed by atoms with van der Waals surface area (Å²) in [6, 6.07) is 3.51. The van der Waals surface area contributed by atoms with Crippen LogP contribution in [-0.2, 0) is 9.59 Å². The smallest absolute Gasteiger partial charge is 0.216 e. The van der Waals surface area contributed by atoms with Crippen molar-refractivity contribution in [2.24, 2.45) is 0 Å². The maximum absolute atomic E-state index is 10.9. The molecule has 2 unspecified atom stereocenters. The second-order valence-corrected chi connectivity index (χ2v) is 5.83. The van der Waals surface area contributed by atoms with Crippen LogP contribution >= 0.6 is 0 Å². The maximum atomic E-state index is 10.9. The summed E-state index contributed by atoms with van der Waals surface area (Å²) in [6.45, 7) is 2.89. The van der Waals surface area contributed by atoms with Crippen LogP contribution < -0.4 is 26.2 Å². The number of nitrogens with zero attached hydrogens (tertiary/aromatic N) is 3. The number of carbonyl (C=O) groups excluding carboxylic acids is 2. The van der Waals surface area contributed by atoms with Crippen molar-refractivity contribution in [3.05, 3.63) is 12.1 Å². The number of aliphatic hydroxyl groups is 1. The van der Waals surface area contributed by atoms with Crippen molar-refractivity contribution >= 4 is 29.6 Å². The number of hydrogen-bond donors (Lipinski definition) is 4. The molecule has 0 aliphatic carbocycles. The molecule has 1 aliphatic rings. The van der Waals surface area contributed by atoms with Crippen LogP contribution in [0.4, 0.5) is 17.3 Å². The zero-order valence-corrected chi connectivity index (χ0v) is 13.9. The van der Waals surface area contributed by atoms with Gasteiger partial charge in [0.15, 0.2) is 5.82 Å². The van der Waals surface area contributed by atoms with E-state index in [-0.39, 0.29) is 12.1 Å². The van der Waals surface area contributed by atoms with Crippen molar-refractivity contribution in [1.29, 1.82) is 0 Å². The minimum absolute atomic E-state index is 0.0908. The van der Waals surface area contributed by atoms with Gasteiger partial charge in [-0.25, -0.2) is 4.98 Å². The fourth-order valence-electron chi connectivity index (χ4n) is 2.72. The van der Waals surface area contributed by atoms with Crippen molar-refractivity contribution in [2.45, 2.75) is 25.6 Å². The van der Waals surface area contributed by atoms with E-state index in [1.165, 1.54) is 6.92 Å². The zero-order chi connectivity index (χ0) is 17.7. The van der Waals surface area contributed by atoms with E-state index in [0.717, 1.165) is 0 Å². The molecule has 0 bridgehead atoms. The monoisotopic (exact) mass is 336 g/mol. The number of carbonyl (C=O) groups is 2. The van der Waals surface area contributed by atoms with Gasteiger partial charge in [-0.3, -0.25) is 9.59 Å². The van der Waals surface area contributed by atoms with E-state index in [1.807, 2.05) is 16.8 Å². The second kappa shape index (κ2) is 7.82. The summed E-state index contributed by atoms with van der Waals surface area (Å²) >= 11 is 0. The summed E-state index contributed by atoms with van der Waals surface area (Å²) in [5.74, 6) is 1.12. The number of nitrogens with two attached hydrogens (primary N) is 1. The number of aliphatic hydroxyl groups excluding tert-OH is 1. The molecule has 2 amide bonds. The molecule has 1 aliphatic heterocycles. The lowest BCUT2D eigenvalue weighted by atomic mass is 10.3. The van der Waals surface area contributed by atoms with E-state index >= 15 is 0 Å². The van der Waals surface area contributed by atoms with Crippen LogP contribution in [0.25, 0.3) is 0 Å². The second-order valence-electron chi connectivity index (χ2n) is 5.83. The number of likely N-dealkylation sites (N-methyl/N-ethyl adjacent to an activating group) is 1. The molecule has 24 heavy (non-hydrogen) atoms. The first-order chi connectivity index (χ1) is 11.4. The molecule has 0 aromatic carbocycles. The molecule has 2 heterocycles. The Morgan fingerprint density at radius 2 is 2.33 bits per heavy atom. The Hall–Kier alpha value is -2.55. The lowest BCUT2D eigenvalue weighted by Gasteiger charge is -2.27. The van der Waals surface area contributed by atoms with Gasteiger partial charge in [-0.2, -0.15) is 0 Å². The predicted octanol–water partition coefficient (Wildman–Crippen LogP) is -1.12. The Bertz CT molecular complexity index is 597. The summed E-state index contributed by atoms with van der Waals surface area (Å²) in [6.07, 6.45) is 0.236. The number of β-amino-alcohol motifs (C(OH)–C–C–N with tert-alkyl or cyclic N) is 1. The minimum Gasteiger partial charge on any atom is -0.396 e. The molecular weight excluding hydrogens is 312 g/mol. The normalized spacial score (nSPS) is 19.9. The van der Waals surface area contributed by atoms with Gasteiger partial charge in [0.25, 0.3) is 0 Å². The number of amides is 2. The Kier molecular flexibility index (Phi) is 5.80. The molecule has 1 saturated heterocycles. The van der Waals surface area contributed by atoms with Crippen molar-refractivity contribution in [3.8, 4) is 0 Å². The zero-order valence-electron chi connectivity index (χ0n) is 13.9. The number of pyridine rings is 1. The molecular formula is C15H24N6O3. The summed E-state index contributed by atoms with van der Waals surface area (Å²) in [4.78, 5) is 29.9. The van der Waals surface area contributed by atoms with Crippen LogP contribution in [-0.4, -0.2) is 61.4 Å². The maximum Gasteiger partial charge on any atom is 0.216 e. The third-order valence-electron chi connectivity index (χ3n) is 3.91.